The van der Waals surface area contributed by atoms with Crippen LogP contribution >= 0.6 is 58.0 Å². The summed E-state index contributed by atoms with van der Waals surface area (Å²) in [5, 5.41) is 15.9. The van der Waals surface area contributed by atoms with Gasteiger partial charge in [0.25, 0.3) is 16.4 Å². The van der Waals surface area contributed by atoms with Crippen LogP contribution in [0.15, 0.2) is 83.1 Å². The molecular formula is C36H23Cl5F6N2O5. The van der Waals surface area contributed by atoms with Gasteiger partial charge in [0.15, 0.2) is 0 Å². The molecule has 2 unspecified atom stereocenters. The molecule has 0 amide bonds. The third kappa shape index (κ3) is 8.16. The monoisotopic (exact) mass is 852 g/mol. The number of aromatic carboxylic acids is 1. The maximum absolute atomic E-state index is 14.0. The van der Waals surface area contributed by atoms with Gasteiger partial charge in [0.05, 0.1) is 17.0 Å². The Labute approximate surface area is 328 Å². The first-order valence-corrected chi connectivity index (χ1v) is 17.2. The first kappa shape index (κ1) is 41.2. The number of halogens is 11. The molecule has 1 N–H and O–H groups in total. The van der Waals surface area contributed by atoms with E-state index in [1.54, 1.807) is 13.8 Å². The SMILES string of the molecule is Cc1cc(C2=NOC(c3cc(Cl)cc(Cl)c3)(C(F)(F)F)C2)ccc1C(=O)Cl.Cc1cc(C2=NOC(c3cc(Cl)cc(Cl)c3)(C(F)(F)F)C2)ccc1C(=O)O. The maximum Gasteiger partial charge on any atom is 0.435 e. The van der Waals surface area contributed by atoms with E-state index in [0.717, 1.165) is 24.3 Å². The number of aryl methyl sites for hydroxylation is 2. The van der Waals surface area contributed by atoms with E-state index < -0.39 is 47.6 Å². The Bertz CT molecular complexity index is 2030. The predicted octanol–water partition coefficient (Wildman–Crippen LogP) is 11.8. The lowest BCUT2D eigenvalue weighted by Crippen LogP contribution is -2.42. The van der Waals surface area contributed by atoms with Crippen LogP contribution in [0.2, 0.25) is 20.1 Å². The zero-order valence-corrected chi connectivity index (χ0v) is 31.3. The third-order valence-corrected chi connectivity index (χ3v) is 9.67. The van der Waals surface area contributed by atoms with Gasteiger partial charge in [0, 0.05) is 49.6 Å². The lowest BCUT2D eigenvalue weighted by molar-refractivity contribution is -0.276. The van der Waals surface area contributed by atoms with Crippen LogP contribution in [0.4, 0.5) is 26.3 Å². The molecule has 2 atom stereocenters. The molecule has 0 radical (unpaired) electrons. The molecule has 0 bridgehead atoms. The fourth-order valence-corrected chi connectivity index (χ4v) is 7.10. The Morgan fingerprint density at radius 1 is 0.630 bits per heavy atom. The highest BCUT2D eigenvalue weighted by Crippen LogP contribution is 2.51. The number of alkyl halides is 6. The zero-order valence-electron chi connectivity index (χ0n) is 27.5. The van der Waals surface area contributed by atoms with Gasteiger partial charge >= 0.3 is 18.3 Å². The van der Waals surface area contributed by atoms with E-state index in [-0.39, 0.29) is 53.8 Å². The summed E-state index contributed by atoms with van der Waals surface area (Å²) in [5.41, 5.74) is -3.81. The molecule has 4 aromatic carbocycles. The minimum atomic E-state index is -4.79. The molecule has 7 nitrogen and oxygen atoms in total. The summed E-state index contributed by atoms with van der Waals surface area (Å²) in [6.45, 7) is 3.18. The number of oxime groups is 2. The zero-order chi connectivity index (χ0) is 40.0. The normalized spacial score (nSPS) is 19.6. The molecule has 0 saturated carbocycles. The van der Waals surface area contributed by atoms with Crippen molar-refractivity contribution in [2.45, 2.75) is 50.2 Å². The van der Waals surface area contributed by atoms with Gasteiger partial charge < -0.3 is 14.8 Å². The van der Waals surface area contributed by atoms with Gasteiger partial charge in [-0.3, -0.25) is 4.79 Å². The van der Waals surface area contributed by atoms with Crippen LogP contribution in [0.5, 0.6) is 0 Å². The van der Waals surface area contributed by atoms with Crippen molar-refractivity contribution in [3.8, 4) is 0 Å². The molecule has 0 fully saturated rings. The van der Waals surface area contributed by atoms with Crippen molar-refractivity contribution in [1.82, 2.24) is 0 Å². The molecule has 18 heteroatoms. The van der Waals surface area contributed by atoms with Gasteiger partial charge in [0.1, 0.15) is 0 Å². The number of hydrogen-bond acceptors (Lipinski definition) is 6. The molecule has 0 spiro atoms. The minimum Gasteiger partial charge on any atom is -0.478 e. The lowest BCUT2D eigenvalue weighted by Gasteiger charge is -2.29. The van der Waals surface area contributed by atoms with Gasteiger partial charge in [0.2, 0.25) is 0 Å². The second kappa shape index (κ2) is 15.3. The second-order valence-corrected chi connectivity index (χ2v) is 14.3. The number of benzene rings is 4. The minimum absolute atomic E-state index is 0.0415. The van der Waals surface area contributed by atoms with E-state index in [4.69, 9.17) is 72.8 Å². The number of nitrogens with zero attached hydrogens (tertiary/aromatic N) is 2. The number of carbonyl (C=O) groups excluding carboxylic acids is 1. The molecule has 6 rings (SSSR count). The molecule has 0 saturated heterocycles. The summed E-state index contributed by atoms with van der Waals surface area (Å²) in [6.07, 6.45) is -10.7. The molecular weight excluding hydrogens is 832 g/mol. The quantitative estimate of drug-likeness (QED) is 0.154. The first-order valence-electron chi connectivity index (χ1n) is 15.3. The van der Waals surface area contributed by atoms with Crippen LogP contribution in [-0.4, -0.2) is 40.1 Å². The van der Waals surface area contributed by atoms with Crippen LogP contribution in [0.25, 0.3) is 0 Å². The Morgan fingerprint density at radius 2 is 0.981 bits per heavy atom. The van der Waals surface area contributed by atoms with E-state index in [1.807, 2.05) is 0 Å². The highest BCUT2D eigenvalue weighted by atomic mass is 35.5. The Balaban J connectivity index is 0.000000208. The van der Waals surface area contributed by atoms with Crippen LogP contribution in [0.1, 0.15) is 66.9 Å². The summed E-state index contributed by atoms with van der Waals surface area (Å²) < 4.78 is 83.7. The Kier molecular flexibility index (Phi) is 11.6. The fraction of sp³-hybridized carbons (Fsp3) is 0.222. The topological polar surface area (TPSA) is 97.5 Å². The molecule has 4 aromatic rings. The second-order valence-electron chi connectivity index (χ2n) is 12.2. The summed E-state index contributed by atoms with van der Waals surface area (Å²) in [4.78, 5) is 32.3. The van der Waals surface area contributed by atoms with Crippen molar-refractivity contribution in [2.75, 3.05) is 0 Å². The fourth-order valence-electron chi connectivity index (χ4n) is 5.84. The lowest BCUT2D eigenvalue weighted by atomic mass is 9.86. The van der Waals surface area contributed by atoms with Crippen molar-refractivity contribution in [3.63, 3.8) is 0 Å². The number of rotatable bonds is 6. The maximum atomic E-state index is 14.0. The molecule has 2 aliphatic heterocycles. The van der Waals surface area contributed by atoms with Crippen LogP contribution in [0.3, 0.4) is 0 Å². The summed E-state index contributed by atoms with van der Waals surface area (Å²) >= 11 is 28.9. The smallest absolute Gasteiger partial charge is 0.435 e. The molecule has 2 heterocycles. The average Bonchev–Trinajstić information content (AvgIpc) is 3.72. The standard InChI is InChI=1S/C18H11Cl3F3NO2.C18H12Cl2F3NO3/c1-9-4-10(2-3-14(9)16(21)26)15-8-17(27-25-15,18(22,23)24)11-5-12(19)7-13(20)6-11;1-9-4-10(2-3-14(9)16(25)26)15-8-17(27-24-15,18(21,22)23)11-5-12(19)7-13(20)6-11/h2-7H,8H2,1H3;2-7H,8H2,1H3,(H,25,26). The Morgan fingerprint density at radius 3 is 1.28 bits per heavy atom. The van der Waals surface area contributed by atoms with Crippen molar-refractivity contribution in [1.29, 1.82) is 0 Å². The van der Waals surface area contributed by atoms with Crippen LogP contribution < -0.4 is 0 Å². The van der Waals surface area contributed by atoms with Gasteiger partial charge in [-0.15, -0.1) is 0 Å². The first-order chi connectivity index (χ1) is 25.1. The largest absolute Gasteiger partial charge is 0.478 e. The third-order valence-electron chi connectivity index (χ3n) is 8.59. The average molecular weight is 855 g/mol. The predicted molar refractivity (Wildman–Crippen MR) is 192 cm³/mol. The Hall–Kier alpha value is -4.01. The molecule has 0 aromatic heterocycles. The number of hydrogen-bond donors (Lipinski definition) is 1. The highest BCUT2D eigenvalue weighted by molar-refractivity contribution is 6.67. The van der Waals surface area contributed by atoms with Crippen molar-refractivity contribution >= 4 is 80.6 Å². The van der Waals surface area contributed by atoms with E-state index in [2.05, 4.69) is 10.3 Å². The summed E-state index contributed by atoms with van der Waals surface area (Å²) in [7, 11) is 0. The van der Waals surface area contributed by atoms with Gasteiger partial charge in [-0.25, -0.2) is 4.79 Å². The van der Waals surface area contributed by atoms with Crippen molar-refractivity contribution < 1.29 is 50.7 Å². The number of carboxylic acids is 1. The van der Waals surface area contributed by atoms with E-state index in [1.165, 1.54) is 48.5 Å². The highest BCUT2D eigenvalue weighted by Gasteiger charge is 2.63. The summed E-state index contributed by atoms with van der Waals surface area (Å²) in [6, 6.07) is 15.9. The summed E-state index contributed by atoms with van der Waals surface area (Å²) in [5.74, 6) is -1.12. The molecule has 54 heavy (non-hydrogen) atoms. The molecule has 2 aliphatic rings. The molecule has 0 aliphatic carbocycles. The van der Waals surface area contributed by atoms with Gasteiger partial charge in [-0.05, 0) is 108 Å². The van der Waals surface area contributed by atoms with Crippen LogP contribution in [-0.2, 0) is 20.9 Å². The van der Waals surface area contributed by atoms with E-state index in [9.17, 15) is 35.9 Å². The van der Waals surface area contributed by atoms with E-state index in [0.29, 0.717) is 22.3 Å². The van der Waals surface area contributed by atoms with Gasteiger partial charge in [-0.2, -0.15) is 26.3 Å². The van der Waals surface area contributed by atoms with Crippen LogP contribution in [0, 0.1) is 13.8 Å². The molecule has 284 valence electrons. The number of carbonyl (C=O) groups is 2. The van der Waals surface area contributed by atoms with E-state index >= 15 is 0 Å². The van der Waals surface area contributed by atoms with Gasteiger partial charge in [-0.1, -0.05) is 68.8 Å². The van der Waals surface area contributed by atoms with Crippen molar-refractivity contribution in [3.05, 3.63) is 137 Å². The number of carboxylic acid groups (broad SMARTS) is 1. The van der Waals surface area contributed by atoms with Crippen molar-refractivity contribution in [2.24, 2.45) is 10.3 Å².